The minimum absolute atomic E-state index is 0. The van der Waals surface area contributed by atoms with Gasteiger partial charge in [-0.15, -0.1) is 5.10 Å². The number of aliphatic hydroxyl groups excluding tert-OH is 1. The van der Waals surface area contributed by atoms with Crippen molar-refractivity contribution < 1.29 is 60.6 Å². The Morgan fingerprint density at radius 1 is 0.459 bits per heavy atom. The molecule has 0 aliphatic carbocycles. The first kappa shape index (κ1) is 91.1. The van der Waals surface area contributed by atoms with Gasteiger partial charge >= 0.3 is 5.20 Å². The molecule has 0 fully saturated rings. The number of H-pyrrole nitrogens is 1. The van der Waals surface area contributed by atoms with E-state index >= 15 is 0 Å². The summed E-state index contributed by atoms with van der Waals surface area (Å²) < 4.78 is 58.4. The van der Waals surface area contributed by atoms with Crippen LogP contribution in [0.3, 0.4) is 0 Å². The van der Waals surface area contributed by atoms with E-state index in [1.807, 2.05) is 212 Å². The molecule has 26 nitrogen and oxygen atoms in total. The van der Waals surface area contributed by atoms with Crippen LogP contribution in [0.25, 0.3) is 112 Å². The van der Waals surface area contributed by atoms with E-state index in [9.17, 15) is 29.3 Å². The third-order valence-electron chi connectivity index (χ3n) is 17.6. The molecule has 0 radical (unpaired) electrons. The number of aromatic nitrogens is 6. The number of hydrogen-bond donors (Lipinski definition) is 5. The second kappa shape index (κ2) is 44.1. The van der Waals surface area contributed by atoms with Crippen LogP contribution in [0.2, 0.25) is 5.15 Å². The number of nitrogens with one attached hydrogen (secondary N) is 1. The summed E-state index contributed by atoms with van der Waals surface area (Å²) in [4.78, 5) is 36.2. The largest absolute Gasteiger partial charge is 0.497 e. The number of aliphatic hydroxyl groups is 1. The van der Waals surface area contributed by atoms with Crippen LogP contribution < -0.4 is 46.4 Å². The first-order valence-electron chi connectivity index (χ1n) is 35.9. The second-order valence-corrected chi connectivity index (χ2v) is 31.9. The average molecular weight is 1730 g/mol. The number of rotatable bonds is 17. The number of amides is 1. The van der Waals surface area contributed by atoms with Crippen molar-refractivity contribution in [2.75, 3.05) is 47.0 Å². The summed E-state index contributed by atoms with van der Waals surface area (Å²) in [7, 11) is 8.01. The predicted octanol–water partition coefficient (Wildman–Crippen LogP) is 21.7. The molecule has 1 atom stereocenters. The van der Waals surface area contributed by atoms with Gasteiger partial charge in [0.15, 0.2) is 10.9 Å². The monoisotopic (exact) mass is 1730 g/mol. The molecule has 10 aromatic carbocycles. The molecule has 0 spiro atoms. The van der Waals surface area contributed by atoms with Crippen LogP contribution >= 0.6 is 50.5 Å². The molecule has 122 heavy (non-hydrogen) atoms. The zero-order valence-electron chi connectivity index (χ0n) is 64.8. The van der Waals surface area contributed by atoms with E-state index in [-0.39, 0.29) is 53.4 Å². The number of methoxy groups -OCH3 is 5. The molecule has 0 aliphatic heterocycles. The smallest absolute Gasteiger partial charge is 0.339 e. The molecule has 6 aromatic heterocycles. The molecule has 16 rings (SSSR count). The van der Waals surface area contributed by atoms with Gasteiger partial charge in [0.2, 0.25) is 11.8 Å². The molecule has 6 heterocycles. The van der Waals surface area contributed by atoms with E-state index in [1.165, 1.54) is 0 Å². The Balaban J connectivity index is 0.000000168. The maximum absolute atomic E-state index is 12.3. The van der Waals surface area contributed by atoms with E-state index in [0.29, 0.717) is 84.4 Å². The molecule has 0 saturated carbocycles. The Bertz CT molecular complexity index is 6370. The van der Waals surface area contributed by atoms with Gasteiger partial charge in [0.25, 0.3) is 22.9 Å². The summed E-state index contributed by atoms with van der Waals surface area (Å²) in [6, 6.07) is 89.3. The van der Waals surface area contributed by atoms with Crippen molar-refractivity contribution >= 4 is 96.2 Å². The van der Waals surface area contributed by atoms with Crippen molar-refractivity contribution in [1.29, 1.82) is 15.8 Å². The van der Waals surface area contributed by atoms with Crippen LogP contribution in [-0.2, 0) is 4.57 Å². The summed E-state index contributed by atoms with van der Waals surface area (Å²) in [5.41, 5.74) is 28.8. The van der Waals surface area contributed by atoms with Gasteiger partial charge in [-0.25, -0.2) is 5.10 Å². The number of ether oxygens (including phenoxy) is 5. The van der Waals surface area contributed by atoms with Crippen LogP contribution in [0, 0.1) is 34.0 Å². The van der Waals surface area contributed by atoms with Crippen LogP contribution in [-0.4, -0.2) is 83.2 Å². The summed E-state index contributed by atoms with van der Waals surface area (Å²) in [5.74, 6) is 5.24. The Morgan fingerprint density at radius 2 is 0.787 bits per heavy atom. The minimum Gasteiger partial charge on any atom is -0.497 e. The van der Waals surface area contributed by atoms with Crippen LogP contribution in [0.5, 0.6) is 28.7 Å². The number of primary amides is 1. The molecule has 1 amide bonds. The third-order valence-corrected chi connectivity index (χ3v) is 17.8. The molecule has 31 heteroatoms. The lowest BCUT2D eigenvalue weighted by Gasteiger charge is -2.10. The number of nitriles is 3. The maximum atomic E-state index is 12.3. The van der Waals surface area contributed by atoms with Gasteiger partial charge in [-0.05, 0) is 140 Å². The normalized spacial score (nSPS) is 10.5. The number of aromatic amines is 1. The highest BCUT2D eigenvalue weighted by atomic mass is 36.0. The van der Waals surface area contributed by atoms with E-state index in [4.69, 9.17) is 80.7 Å². The van der Waals surface area contributed by atoms with Crippen LogP contribution in [0.1, 0.15) is 51.8 Å². The molecular weight excluding hydrogens is 1660 g/mol. The number of ketones is 1. The molecule has 616 valence electrons. The Morgan fingerprint density at radius 3 is 1.15 bits per heavy atom. The number of nitrogens with two attached hydrogens (primary N) is 3. The zero-order chi connectivity index (χ0) is 86.5. The van der Waals surface area contributed by atoms with Crippen LogP contribution in [0.4, 0.5) is 11.8 Å². The van der Waals surface area contributed by atoms with Gasteiger partial charge in [0.1, 0.15) is 86.9 Å². The van der Waals surface area contributed by atoms with E-state index < -0.39 is 17.2 Å². The number of carbonyl (C=O) groups excluding carboxylic acids is 2. The third kappa shape index (κ3) is 23.4. The fourth-order valence-electron chi connectivity index (χ4n) is 12.0. The first-order chi connectivity index (χ1) is 58.5. The quantitative estimate of drug-likeness (QED) is 0.0417. The average Bonchev–Trinajstić information content (AvgIpc) is 1.63. The molecule has 0 saturated heterocycles. The van der Waals surface area contributed by atoms with Crippen LogP contribution in [0.15, 0.2) is 295 Å². The van der Waals surface area contributed by atoms with Gasteiger partial charge in [0.05, 0.1) is 53.1 Å². The SMILES string of the molecule is C.COc1ccc(-c2c(-c3ccccc3)oc(N)c2C#N)cc1.COc1ccc(-c2c(-c3ccccc3)oc(N)c2C(N)=O)cc1.COc1ccc(-c2c(-c3ccccc3)oc3nn[nH]c(=O)c23)cc1.COc1ccc(-c2c(-c3ccccc3)oc3nnnc(Cl)c23)cc1.COc1ccc(C(=O)C(O)c2ccccc2)cc1.N#CCC#N.O=P(Cl)(Cl)Cl. The molecule has 0 bridgehead atoms. The summed E-state index contributed by atoms with van der Waals surface area (Å²) in [5, 5.41) is 54.0. The van der Waals surface area contributed by atoms with Crippen molar-refractivity contribution in [3.05, 3.63) is 311 Å². The summed E-state index contributed by atoms with van der Waals surface area (Å²) in [6.07, 6.45) is -1.13. The van der Waals surface area contributed by atoms with E-state index in [0.717, 1.165) is 67.3 Å². The highest BCUT2D eigenvalue weighted by Crippen LogP contribution is 2.61. The van der Waals surface area contributed by atoms with Crippen molar-refractivity contribution in [3.8, 4) is 137 Å². The molecule has 8 N–H and O–H groups in total. The van der Waals surface area contributed by atoms with Gasteiger partial charge in [-0.3, -0.25) is 18.9 Å². The number of nitrogen functional groups attached to an aromatic ring is 2. The van der Waals surface area contributed by atoms with Crippen molar-refractivity contribution in [2.24, 2.45) is 5.73 Å². The molecule has 1 unspecified atom stereocenters. The second-order valence-electron chi connectivity index (χ2n) is 24.9. The number of benzene rings is 10. The lowest BCUT2D eigenvalue weighted by Crippen LogP contribution is -2.13. The topological polar surface area (TPSA) is 417 Å². The van der Waals surface area contributed by atoms with Crippen molar-refractivity contribution in [2.45, 2.75) is 20.0 Å². The summed E-state index contributed by atoms with van der Waals surface area (Å²) >= 11 is 20.1. The van der Waals surface area contributed by atoms with Gasteiger partial charge in [0, 0.05) is 50.1 Å². The maximum Gasteiger partial charge on any atom is 0.339 e. The first-order valence-corrected chi connectivity index (χ1v) is 40.7. The number of furan rings is 4. The molecular formula is C91H75Cl4N12O14P. The van der Waals surface area contributed by atoms with Gasteiger partial charge < -0.3 is 63.7 Å². The predicted molar refractivity (Wildman–Crippen MR) is 473 cm³/mol. The van der Waals surface area contributed by atoms with E-state index in [2.05, 4.69) is 70.6 Å². The number of anilines is 2. The zero-order valence-corrected chi connectivity index (χ0v) is 68.7. The van der Waals surface area contributed by atoms with E-state index in [1.54, 1.807) is 108 Å². The highest BCUT2D eigenvalue weighted by Gasteiger charge is 2.28. The lowest BCUT2D eigenvalue weighted by molar-refractivity contribution is 0.0747. The fourth-order valence-corrected chi connectivity index (χ4v) is 12.2. The highest BCUT2D eigenvalue weighted by molar-refractivity contribution is 8.24. The molecule has 16 aromatic rings. The number of hydrogen-bond acceptors (Lipinski definition) is 24. The standard InChI is InChI=1S/C18H12ClN3O2.C18H13N3O3.C18H16N2O3.C18H14N2O2.C15H14O3.C3H2N2.CH4.Cl3OP/c1-23-13-9-7-11(8-10-13)14-15-17(19)20-22-21-18(15)24-16(14)12-5-3-2-4-6-12;1-23-13-9-7-11(8-10-13)14-15-17(22)19-21-20-18(15)24-16(14)12-5-3-2-4-6-12;1-22-13-9-7-11(8-10-13)14-15(17(19)21)18(20)23-16(14)12-5-3-2-4-6-12;1-21-14-9-7-12(8-10-14)16-15(11-19)18(20)22-17(16)13-5-3-2-4-6-13;1-18-13-9-7-12(8-10-13)15(17)14(16)11-5-3-2-4-6-11;4-2-1-3-5;;1-5(2,3)4/h2-10H,1H3;2-10H,1H3,(H,19,20,22);2-10H,20H2,1H3,(H2,19,21);2-10H,20H2,1H3;2-10,14,16H,1H3;1H2;1H4;. The number of nitrogens with zero attached hydrogens (tertiary/aromatic N) is 8. The lowest BCUT2D eigenvalue weighted by atomic mass is 9.97. The van der Waals surface area contributed by atoms with Crippen molar-refractivity contribution in [1.82, 2.24) is 30.8 Å². The fraction of sp³-hybridized carbons (Fsp3) is 0.0879. The minimum atomic E-state index is -3.22. The Hall–Kier alpha value is -14.8. The Labute approximate surface area is 719 Å². The number of fused-ring (bicyclic) bond motifs is 2. The Kier molecular flexibility index (Phi) is 33.0. The number of carbonyl (C=O) groups is 2. The molecule has 0 aliphatic rings. The van der Waals surface area contributed by atoms with Crippen molar-refractivity contribution in [3.63, 3.8) is 0 Å². The van der Waals surface area contributed by atoms with Gasteiger partial charge in [-0.1, -0.05) is 235 Å². The number of halogens is 4. The van der Waals surface area contributed by atoms with Gasteiger partial charge in [-0.2, -0.15) is 15.8 Å². The summed E-state index contributed by atoms with van der Waals surface area (Å²) in [6.45, 7) is 0. The number of Topliss-reactive ketones (excluding diaryl/α,β-unsaturated/α-hetero) is 1.